The number of aryl methyl sites for hydroxylation is 1. The first-order valence-corrected chi connectivity index (χ1v) is 9.27. The number of Topliss-reactive ketones (excluding diaryl/α,β-unsaturated/α-hetero) is 1. The molecule has 1 aliphatic heterocycles. The highest BCUT2D eigenvalue weighted by atomic mass is 32.2. The number of ether oxygens (including phenoxy) is 1. The molecule has 2 aromatic rings. The minimum atomic E-state index is -3.70. The summed E-state index contributed by atoms with van der Waals surface area (Å²) >= 11 is 0. The van der Waals surface area contributed by atoms with E-state index in [1.54, 1.807) is 30.3 Å². The number of hydrogen-bond acceptors (Lipinski definition) is 4. The molecule has 5 nitrogen and oxygen atoms in total. The van der Waals surface area contributed by atoms with Gasteiger partial charge in [-0.05, 0) is 49.2 Å². The molecule has 1 aliphatic rings. The Morgan fingerprint density at radius 2 is 1.88 bits per heavy atom. The first-order chi connectivity index (χ1) is 11.4. The van der Waals surface area contributed by atoms with Crippen LogP contribution in [0.15, 0.2) is 47.4 Å². The zero-order valence-electron chi connectivity index (χ0n) is 13.7. The molecular weight excluding hydrogens is 326 g/mol. The molecule has 0 amide bonds. The van der Waals surface area contributed by atoms with Crippen LogP contribution in [0.3, 0.4) is 0 Å². The Kier molecular flexibility index (Phi) is 4.32. The van der Waals surface area contributed by atoms with Crippen LogP contribution in [0.4, 0.5) is 5.69 Å². The molecule has 0 spiro atoms. The van der Waals surface area contributed by atoms with Crippen molar-refractivity contribution in [3.63, 3.8) is 0 Å². The largest absolute Gasteiger partial charge is 0.489 e. The predicted octanol–water partition coefficient (Wildman–Crippen LogP) is 3.04. The summed E-state index contributed by atoms with van der Waals surface area (Å²) in [6.45, 7) is 3.96. The van der Waals surface area contributed by atoms with Crippen LogP contribution in [0.25, 0.3) is 0 Å². The zero-order chi connectivity index (χ0) is 17.3. The fourth-order valence-corrected chi connectivity index (χ4v) is 4.14. The Bertz CT molecular complexity index is 872. The Hall–Kier alpha value is -2.34. The fraction of sp³-hybridized carbons (Fsp3) is 0.278. The minimum Gasteiger partial charge on any atom is -0.489 e. The lowest BCUT2D eigenvalue weighted by Gasteiger charge is -2.30. The SMILES string of the molecule is CCc1ccc(S(=O)(=O)N2CCOc3ccc(C(C)=O)cc32)cc1. The number of hydrogen-bond donors (Lipinski definition) is 0. The second-order valence-electron chi connectivity index (χ2n) is 5.66. The van der Waals surface area contributed by atoms with Gasteiger partial charge in [0.25, 0.3) is 10.0 Å². The number of sulfonamides is 1. The number of rotatable bonds is 4. The van der Waals surface area contributed by atoms with Crippen LogP contribution in [0.5, 0.6) is 5.75 Å². The third-order valence-electron chi connectivity index (χ3n) is 4.11. The molecule has 2 aromatic carbocycles. The average molecular weight is 345 g/mol. The summed E-state index contributed by atoms with van der Waals surface area (Å²) in [5.74, 6) is 0.355. The molecule has 0 saturated carbocycles. The lowest BCUT2D eigenvalue weighted by Crippen LogP contribution is -2.38. The monoisotopic (exact) mass is 345 g/mol. The Labute approximate surface area is 141 Å². The third-order valence-corrected chi connectivity index (χ3v) is 5.93. The maximum absolute atomic E-state index is 13.0. The molecule has 24 heavy (non-hydrogen) atoms. The molecule has 0 aliphatic carbocycles. The number of ketones is 1. The van der Waals surface area contributed by atoms with Gasteiger partial charge in [-0.1, -0.05) is 19.1 Å². The van der Waals surface area contributed by atoms with Crippen molar-refractivity contribution in [1.29, 1.82) is 0 Å². The quantitative estimate of drug-likeness (QED) is 0.799. The summed E-state index contributed by atoms with van der Waals surface area (Å²) in [5, 5.41) is 0. The van der Waals surface area contributed by atoms with Crippen molar-refractivity contribution in [2.45, 2.75) is 25.2 Å². The van der Waals surface area contributed by atoms with Gasteiger partial charge in [-0.25, -0.2) is 8.42 Å². The van der Waals surface area contributed by atoms with E-state index in [1.807, 2.05) is 19.1 Å². The summed E-state index contributed by atoms with van der Waals surface area (Å²) in [6, 6.07) is 11.8. The van der Waals surface area contributed by atoms with E-state index in [2.05, 4.69) is 0 Å². The molecule has 3 rings (SSSR count). The maximum atomic E-state index is 13.0. The Balaban J connectivity index is 2.06. The van der Waals surface area contributed by atoms with Gasteiger partial charge in [-0.15, -0.1) is 0 Å². The maximum Gasteiger partial charge on any atom is 0.264 e. The normalized spacial score (nSPS) is 14.0. The summed E-state index contributed by atoms with van der Waals surface area (Å²) in [6.07, 6.45) is 0.850. The van der Waals surface area contributed by atoms with Crippen LogP contribution in [-0.2, 0) is 16.4 Å². The highest BCUT2D eigenvalue weighted by Crippen LogP contribution is 2.36. The van der Waals surface area contributed by atoms with Crippen molar-refractivity contribution < 1.29 is 17.9 Å². The van der Waals surface area contributed by atoms with Gasteiger partial charge < -0.3 is 4.74 Å². The highest BCUT2D eigenvalue weighted by Gasteiger charge is 2.30. The van der Waals surface area contributed by atoms with Gasteiger partial charge in [0.05, 0.1) is 17.1 Å². The molecule has 0 bridgehead atoms. The second-order valence-corrected chi connectivity index (χ2v) is 7.52. The first kappa shape index (κ1) is 16.5. The summed E-state index contributed by atoms with van der Waals surface area (Å²) in [4.78, 5) is 11.9. The van der Waals surface area contributed by atoms with E-state index in [0.717, 1.165) is 12.0 Å². The van der Waals surface area contributed by atoms with E-state index in [1.165, 1.54) is 11.2 Å². The molecule has 0 N–H and O–H groups in total. The molecule has 1 heterocycles. The predicted molar refractivity (Wildman–Crippen MR) is 92.3 cm³/mol. The van der Waals surface area contributed by atoms with Gasteiger partial charge in [0.2, 0.25) is 0 Å². The number of nitrogens with zero attached hydrogens (tertiary/aromatic N) is 1. The van der Waals surface area contributed by atoms with Crippen molar-refractivity contribution in [2.24, 2.45) is 0 Å². The van der Waals surface area contributed by atoms with Crippen LogP contribution in [-0.4, -0.2) is 27.4 Å². The standard InChI is InChI=1S/C18H19NO4S/c1-3-14-4-7-16(8-5-14)24(21,22)19-10-11-23-18-9-6-15(13(2)20)12-17(18)19/h4-9,12H,3,10-11H2,1-2H3. The molecule has 126 valence electrons. The van der Waals surface area contributed by atoms with Gasteiger partial charge in [-0.2, -0.15) is 0 Å². The van der Waals surface area contributed by atoms with Crippen molar-refractivity contribution in [1.82, 2.24) is 0 Å². The van der Waals surface area contributed by atoms with E-state index in [9.17, 15) is 13.2 Å². The van der Waals surface area contributed by atoms with Crippen LogP contribution in [0.2, 0.25) is 0 Å². The van der Waals surface area contributed by atoms with Crippen molar-refractivity contribution >= 4 is 21.5 Å². The van der Waals surface area contributed by atoms with E-state index in [-0.39, 0.29) is 23.8 Å². The third kappa shape index (κ3) is 2.89. The lowest BCUT2D eigenvalue weighted by atomic mass is 10.1. The summed E-state index contributed by atoms with van der Waals surface area (Å²) < 4.78 is 32.9. The zero-order valence-corrected chi connectivity index (χ0v) is 14.5. The molecule has 0 atom stereocenters. The number of benzene rings is 2. The molecular formula is C18H19NO4S. The van der Waals surface area contributed by atoms with E-state index >= 15 is 0 Å². The highest BCUT2D eigenvalue weighted by molar-refractivity contribution is 7.92. The average Bonchev–Trinajstić information content (AvgIpc) is 2.60. The number of fused-ring (bicyclic) bond motifs is 1. The second kappa shape index (κ2) is 6.28. The minimum absolute atomic E-state index is 0.118. The molecule has 6 heteroatoms. The van der Waals surface area contributed by atoms with Crippen molar-refractivity contribution in [3.05, 3.63) is 53.6 Å². The van der Waals surface area contributed by atoms with Gasteiger partial charge in [0.1, 0.15) is 12.4 Å². The van der Waals surface area contributed by atoms with Gasteiger partial charge in [0.15, 0.2) is 5.78 Å². The lowest BCUT2D eigenvalue weighted by molar-refractivity contribution is 0.101. The topological polar surface area (TPSA) is 63.7 Å². The smallest absolute Gasteiger partial charge is 0.264 e. The molecule has 0 unspecified atom stereocenters. The number of carbonyl (C=O) groups is 1. The van der Waals surface area contributed by atoms with Crippen LogP contribution in [0.1, 0.15) is 29.8 Å². The molecule has 0 fully saturated rings. The van der Waals surface area contributed by atoms with Crippen molar-refractivity contribution in [3.8, 4) is 5.75 Å². The van der Waals surface area contributed by atoms with E-state index < -0.39 is 10.0 Å². The van der Waals surface area contributed by atoms with Crippen LogP contribution >= 0.6 is 0 Å². The summed E-state index contributed by atoms with van der Waals surface area (Å²) in [5.41, 5.74) is 1.95. The molecule has 0 saturated heterocycles. The first-order valence-electron chi connectivity index (χ1n) is 7.83. The Morgan fingerprint density at radius 1 is 1.17 bits per heavy atom. The molecule has 0 radical (unpaired) electrons. The Morgan fingerprint density at radius 3 is 2.50 bits per heavy atom. The van der Waals surface area contributed by atoms with Crippen LogP contribution < -0.4 is 9.04 Å². The molecule has 0 aromatic heterocycles. The van der Waals surface area contributed by atoms with Crippen LogP contribution in [0, 0.1) is 0 Å². The van der Waals surface area contributed by atoms with E-state index in [0.29, 0.717) is 17.0 Å². The van der Waals surface area contributed by atoms with Gasteiger partial charge >= 0.3 is 0 Å². The number of carbonyl (C=O) groups excluding carboxylic acids is 1. The summed E-state index contributed by atoms with van der Waals surface area (Å²) in [7, 11) is -3.70. The van der Waals surface area contributed by atoms with Crippen molar-refractivity contribution in [2.75, 3.05) is 17.5 Å². The van der Waals surface area contributed by atoms with Gasteiger partial charge in [-0.3, -0.25) is 9.10 Å². The fourth-order valence-electron chi connectivity index (χ4n) is 2.69. The van der Waals surface area contributed by atoms with E-state index in [4.69, 9.17) is 4.74 Å². The number of anilines is 1. The van der Waals surface area contributed by atoms with Gasteiger partial charge in [0, 0.05) is 5.56 Å².